The molecule has 0 saturated carbocycles. The van der Waals surface area contributed by atoms with Gasteiger partial charge in [0.1, 0.15) is 12.6 Å². The highest BCUT2D eigenvalue weighted by Crippen LogP contribution is 1.87. The number of hydrogen-bond donors (Lipinski definition) is 2. The molecule has 13 heavy (non-hydrogen) atoms. The summed E-state index contributed by atoms with van der Waals surface area (Å²) >= 11 is 0. The third-order valence-electron chi connectivity index (χ3n) is 1.24. The zero-order valence-electron chi connectivity index (χ0n) is 7.58. The molecule has 0 aliphatic carbocycles. The van der Waals surface area contributed by atoms with Crippen LogP contribution in [0.2, 0.25) is 0 Å². The minimum atomic E-state index is -0.766. The van der Waals surface area contributed by atoms with Gasteiger partial charge in [0.25, 0.3) is 0 Å². The summed E-state index contributed by atoms with van der Waals surface area (Å²) in [5, 5.41) is 2.37. The number of rotatable bonds is 5. The number of hydrogen-bond acceptors (Lipinski definition) is 4. The largest absolute Gasteiger partial charge is 0.460 e. The SMILES string of the molecule is C=CCOC(=O)[C@H](CN)NC(C)=O. The summed E-state index contributed by atoms with van der Waals surface area (Å²) < 4.78 is 4.69. The Bertz CT molecular complexity index is 204. The minimum absolute atomic E-state index is 0.0234. The molecule has 0 aliphatic rings. The van der Waals surface area contributed by atoms with Crippen molar-refractivity contribution in [3.05, 3.63) is 12.7 Å². The second-order valence-corrected chi connectivity index (χ2v) is 2.41. The molecule has 0 saturated heterocycles. The second kappa shape index (κ2) is 6.19. The van der Waals surface area contributed by atoms with Crippen LogP contribution in [0.1, 0.15) is 6.92 Å². The predicted octanol–water partition coefficient (Wildman–Crippen LogP) is -0.821. The maximum absolute atomic E-state index is 11.1. The summed E-state index contributed by atoms with van der Waals surface area (Å²) in [4.78, 5) is 21.7. The number of nitrogens with one attached hydrogen (secondary N) is 1. The van der Waals surface area contributed by atoms with Crippen molar-refractivity contribution >= 4 is 11.9 Å². The monoisotopic (exact) mass is 186 g/mol. The highest BCUT2D eigenvalue weighted by atomic mass is 16.5. The van der Waals surface area contributed by atoms with Crippen molar-refractivity contribution in [3.63, 3.8) is 0 Å². The van der Waals surface area contributed by atoms with E-state index in [9.17, 15) is 9.59 Å². The number of ether oxygens (including phenoxy) is 1. The van der Waals surface area contributed by atoms with Crippen molar-refractivity contribution in [3.8, 4) is 0 Å². The van der Waals surface area contributed by atoms with Gasteiger partial charge in [0.05, 0.1) is 0 Å². The number of carbonyl (C=O) groups is 2. The first-order valence-corrected chi connectivity index (χ1v) is 3.86. The highest BCUT2D eigenvalue weighted by molar-refractivity contribution is 5.83. The second-order valence-electron chi connectivity index (χ2n) is 2.41. The fourth-order valence-corrected chi connectivity index (χ4v) is 0.701. The van der Waals surface area contributed by atoms with Gasteiger partial charge >= 0.3 is 5.97 Å². The van der Waals surface area contributed by atoms with E-state index < -0.39 is 12.0 Å². The fourth-order valence-electron chi connectivity index (χ4n) is 0.701. The molecule has 0 rings (SSSR count). The Labute approximate surface area is 76.9 Å². The van der Waals surface area contributed by atoms with Gasteiger partial charge in [-0.05, 0) is 0 Å². The maximum Gasteiger partial charge on any atom is 0.330 e. The van der Waals surface area contributed by atoms with E-state index in [2.05, 4.69) is 11.9 Å². The van der Waals surface area contributed by atoms with Gasteiger partial charge in [-0.25, -0.2) is 4.79 Å². The molecule has 0 spiro atoms. The van der Waals surface area contributed by atoms with Crippen LogP contribution < -0.4 is 11.1 Å². The van der Waals surface area contributed by atoms with Gasteiger partial charge in [-0.15, -0.1) is 0 Å². The van der Waals surface area contributed by atoms with E-state index in [1.165, 1.54) is 13.0 Å². The Morgan fingerprint density at radius 3 is 2.69 bits per heavy atom. The van der Waals surface area contributed by atoms with Crippen LogP contribution in [0, 0.1) is 0 Å². The van der Waals surface area contributed by atoms with Crippen LogP contribution >= 0.6 is 0 Å². The molecule has 1 amide bonds. The van der Waals surface area contributed by atoms with Gasteiger partial charge in [0.2, 0.25) is 5.91 Å². The first kappa shape index (κ1) is 11.6. The molecule has 0 aromatic rings. The average Bonchev–Trinajstić information content (AvgIpc) is 2.09. The first-order valence-electron chi connectivity index (χ1n) is 3.86. The van der Waals surface area contributed by atoms with Gasteiger partial charge < -0.3 is 15.8 Å². The Hall–Kier alpha value is -1.36. The molecule has 5 heteroatoms. The number of nitrogens with two attached hydrogens (primary N) is 1. The van der Waals surface area contributed by atoms with Crippen molar-refractivity contribution in [2.75, 3.05) is 13.2 Å². The Morgan fingerprint density at radius 2 is 2.31 bits per heavy atom. The lowest BCUT2D eigenvalue weighted by Gasteiger charge is -2.13. The summed E-state index contributed by atoms with van der Waals surface area (Å²) in [5.41, 5.74) is 5.25. The lowest BCUT2D eigenvalue weighted by atomic mass is 10.3. The number of amides is 1. The third kappa shape index (κ3) is 4.97. The van der Waals surface area contributed by atoms with Crippen LogP contribution in [0.25, 0.3) is 0 Å². The third-order valence-corrected chi connectivity index (χ3v) is 1.24. The first-order chi connectivity index (χ1) is 6.11. The van der Waals surface area contributed by atoms with Crippen LogP contribution in [0.5, 0.6) is 0 Å². The zero-order chi connectivity index (χ0) is 10.3. The Balaban J connectivity index is 3.98. The Morgan fingerprint density at radius 1 is 1.69 bits per heavy atom. The van der Waals surface area contributed by atoms with Gasteiger partial charge in [0.15, 0.2) is 0 Å². The average molecular weight is 186 g/mol. The van der Waals surface area contributed by atoms with Gasteiger partial charge in [-0.2, -0.15) is 0 Å². The molecule has 0 bridgehead atoms. The molecular weight excluding hydrogens is 172 g/mol. The standard InChI is InChI=1S/C8H14N2O3/c1-3-4-13-8(12)7(5-9)10-6(2)11/h3,7H,1,4-5,9H2,2H3,(H,10,11)/t7-/m0/s1. The summed E-state index contributed by atoms with van der Waals surface area (Å²) in [6.45, 7) is 4.84. The van der Waals surface area contributed by atoms with Crippen molar-refractivity contribution in [1.82, 2.24) is 5.32 Å². The summed E-state index contributed by atoms with van der Waals surface area (Å²) in [5.74, 6) is -0.858. The van der Waals surface area contributed by atoms with Gasteiger partial charge in [-0.1, -0.05) is 12.7 Å². The van der Waals surface area contributed by atoms with Crippen molar-refractivity contribution < 1.29 is 14.3 Å². The van der Waals surface area contributed by atoms with Crippen LogP contribution in [-0.2, 0) is 14.3 Å². The lowest BCUT2D eigenvalue weighted by Crippen LogP contribution is -2.45. The predicted molar refractivity (Wildman–Crippen MR) is 47.8 cm³/mol. The number of carbonyl (C=O) groups excluding carboxylic acids is 2. The topological polar surface area (TPSA) is 81.4 Å². The molecule has 74 valence electrons. The molecule has 1 atom stereocenters. The van der Waals surface area contributed by atoms with Crippen LogP contribution in [-0.4, -0.2) is 31.1 Å². The molecule has 0 aromatic heterocycles. The molecule has 3 N–H and O–H groups in total. The van der Waals surface area contributed by atoms with Gasteiger partial charge in [-0.3, -0.25) is 4.79 Å². The minimum Gasteiger partial charge on any atom is -0.460 e. The molecular formula is C8H14N2O3. The summed E-state index contributed by atoms with van der Waals surface area (Å²) in [6.07, 6.45) is 1.44. The van der Waals surface area contributed by atoms with Gasteiger partial charge in [0, 0.05) is 13.5 Å². The Kier molecular flexibility index (Phi) is 5.54. The quantitative estimate of drug-likeness (QED) is 0.434. The van der Waals surface area contributed by atoms with Crippen LogP contribution in [0.3, 0.4) is 0 Å². The zero-order valence-corrected chi connectivity index (χ0v) is 7.58. The fraction of sp³-hybridized carbons (Fsp3) is 0.500. The highest BCUT2D eigenvalue weighted by Gasteiger charge is 2.18. The lowest BCUT2D eigenvalue weighted by molar-refractivity contribution is -0.146. The van der Waals surface area contributed by atoms with E-state index in [1.54, 1.807) is 0 Å². The molecule has 0 heterocycles. The molecule has 0 radical (unpaired) electrons. The van der Waals surface area contributed by atoms with Crippen molar-refractivity contribution in [2.45, 2.75) is 13.0 Å². The molecule has 0 unspecified atom stereocenters. The molecule has 0 fully saturated rings. The molecule has 0 aliphatic heterocycles. The van der Waals surface area contributed by atoms with E-state index in [0.717, 1.165) is 0 Å². The van der Waals surface area contributed by atoms with Crippen molar-refractivity contribution in [1.29, 1.82) is 0 Å². The number of esters is 1. The summed E-state index contributed by atoms with van der Waals surface area (Å²) in [7, 11) is 0. The summed E-state index contributed by atoms with van der Waals surface area (Å²) in [6, 6.07) is -0.766. The van der Waals surface area contributed by atoms with E-state index in [0.29, 0.717) is 0 Å². The molecule has 5 nitrogen and oxygen atoms in total. The van der Waals surface area contributed by atoms with E-state index >= 15 is 0 Å². The van der Waals surface area contributed by atoms with E-state index in [4.69, 9.17) is 10.5 Å². The van der Waals surface area contributed by atoms with Crippen molar-refractivity contribution in [2.24, 2.45) is 5.73 Å². The molecule has 0 aromatic carbocycles. The van der Waals surface area contributed by atoms with Crippen LogP contribution in [0.4, 0.5) is 0 Å². The normalized spacial score (nSPS) is 11.5. The van der Waals surface area contributed by atoms with Crippen LogP contribution in [0.15, 0.2) is 12.7 Å². The van der Waals surface area contributed by atoms with E-state index in [1.807, 2.05) is 0 Å². The smallest absolute Gasteiger partial charge is 0.330 e. The maximum atomic E-state index is 11.1. The van der Waals surface area contributed by atoms with E-state index in [-0.39, 0.29) is 19.1 Å².